The minimum atomic E-state index is -4.42. The summed E-state index contributed by atoms with van der Waals surface area (Å²) in [5, 5.41) is 26.1. The number of rotatable bonds is 20. The molecule has 298 valence electrons. The normalized spacial score (nSPS) is 21.4. The summed E-state index contributed by atoms with van der Waals surface area (Å²) in [6.45, 7) is 5.24. The van der Waals surface area contributed by atoms with Gasteiger partial charge in [0.1, 0.15) is 49.3 Å². The fourth-order valence-corrected chi connectivity index (χ4v) is 6.85. The molecule has 2 fully saturated rings. The summed E-state index contributed by atoms with van der Waals surface area (Å²) in [5.41, 5.74) is 2.69. The van der Waals surface area contributed by atoms with Crippen molar-refractivity contribution < 1.29 is 62.5 Å². The van der Waals surface area contributed by atoms with Crippen molar-refractivity contribution in [2.75, 3.05) is 97.0 Å². The van der Waals surface area contributed by atoms with Crippen LogP contribution >= 0.6 is 19.2 Å². The summed E-state index contributed by atoms with van der Waals surface area (Å²) in [5.74, 6) is 9.09. The van der Waals surface area contributed by atoms with Gasteiger partial charge >= 0.3 is 7.60 Å². The molecular formula is C35H43ClN5O13P. The summed E-state index contributed by atoms with van der Waals surface area (Å²) in [6.07, 6.45) is 0.670. The molecule has 18 nitrogen and oxygen atoms in total. The Morgan fingerprint density at radius 3 is 2.29 bits per heavy atom. The van der Waals surface area contributed by atoms with Crippen molar-refractivity contribution in [2.45, 2.75) is 36.7 Å². The molecule has 6 rings (SSSR count). The summed E-state index contributed by atoms with van der Waals surface area (Å²) in [6, 6.07) is 6.02. The van der Waals surface area contributed by atoms with E-state index in [1.807, 2.05) is 23.1 Å². The quantitative estimate of drug-likeness (QED) is 0.0531. The number of hydrogen-bond donors (Lipinski definition) is 4. The third-order valence-electron chi connectivity index (χ3n) is 8.90. The van der Waals surface area contributed by atoms with Crippen LogP contribution in [0.1, 0.15) is 22.9 Å². The van der Waals surface area contributed by atoms with Crippen LogP contribution in [0.3, 0.4) is 0 Å². The molecule has 0 saturated carbocycles. The van der Waals surface area contributed by atoms with Gasteiger partial charge in [-0.3, -0.25) is 4.57 Å². The smallest absolute Gasteiger partial charge is 0.350 e. The van der Waals surface area contributed by atoms with Gasteiger partial charge in [-0.1, -0.05) is 23.8 Å². The number of fused-ring (bicyclic) bond motifs is 3. The molecule has 1 aromatic carbocycles. The third kappa shape index (κ3) is 10.6. The van der Waals surface area contributed by atoms with E-state index in [0.717, 1.165) is 16.7 Å². The van der Waals surface area contributed by atoms with Gasteiger partial charge in [0.2, 0.25) is 5.28 Å². The van der Waals surface area contributed by atoms with Gasteiger partial charge in [0, 0.05) is 5.56 Å². The minimum Gasteiger partial charge on any atom is -0.387 e. The molecule has 1 spiro atoms. The molecule has 2 aromatic heterocycles. The van der Waals surface area contributed by atoms with Crippen molar-refractivity contribution in [2.24, 2.45) is 0 Å². The van der Waals surface area contributed by atoms with E-state index in [0.29, 0.717) is 83.8 Å². The van der Waals surface area contributed by atoms with Crippen molar-refractivity contribution in [3.8, 4) is 24.2 Å². The first-order valence-corrected chi connectivity index (χ1v) is 19.6. The molecule has 3 aliphatic heterocycles. The zero-order valence-corrected chi connectivity index (χ0v) is 31.5. The Morgan fingerprint density at radius 2 is 1.62 bits per heavy atom. The lowest BCUT2D eigenvalue weighted by Gasteiger charge is -2.48. The SMILES string of the molecule is C#CCOCCOCCOCCOCCOCC#Cc1ccc2c(c1)COC21CN(c2nc(Cl)nc3c2cnn3[C@@H]2O[C@H](COCP(=O)(O)O)[C@@H](O)[C@H]2O)C1. The highest BCUT2D eigenvalue weighted by molar-refractivity contribution is 7.51. The van der Waals surface area contributed by atoms with Crippen molar-refractivity contribution >= 4 is 36.0 Å². The Hall–Kier alpha value is -3.27. The second-order valence-electron chi connectivity index (χ2n) is 12.8. The number of terminal acetylenes is 1. The molecule has 0 bridgehead atoms. The van der Waals surface area contributed by atoms with E-state index in [-0.39, 0.29) is 30.8 Å². The van der Waals surface area contributed by atoms with Gasteiger partial charge in [0.15, 0.2) is 11.9 Å². The Labute approximate surface area is 322 Å². The van der Waals surface area contributed by atoms with Crippen LogP contribution in [0.25, 0.3) is 11.0 Å². The summed E-state index contributed by atoms with van der Waals surface area (Å²) in [4.78, 5) is 28.9. The predicted molar refractivity (Wildman–Crippen MR) is 194 cm³/mol. The molecule has 0 amide bonds. The van der Waals surface area contributed by atoms with E-state index >= 15 is 0 Å². The second-order valence-corrected chi connectivity index (χ2v) is 14.7. The molecule has 3 aromatic rings. The van der Waals surface area contributed by atoms with Gasteiger partial charge in [0.25, 0.3) is 0 Å². The van der Waals surface area contributed by atoms with Crippen LogP contribution in [0.4, 0.5) is 5.82 Å². The number of halogens is 1. The van der Waals surface area contributed by atoms with E-state index in [9.17, 15) is 14.8 Å². The highest BCUT2D eigenvalue weighted by atomic mass is 35.5. The molecule has 3 aliphatic rings. The molecule has 5 heterocycles. The van der Waals surface area contributed by atoms with Crippen LogP contribution in [-0.2, 0) is 54.7 Å². The zero-order chi connectivity index (χ0) is 38.8. The number of anilines is 1. The maximum absolute atomic E-state index is 11.1. The topological polar surface area (TPSA) is 219 Å². The van der Waals surface area contributed by atoms with E-state index < -0.39 is 44.1 Å². The average molecular weight is 808 g/mol. The first-order valence-electron chi connectivity index (χ1n) is 17.5. The molecule has 0 radical (unpaired) electrons. The highest BCUT2D eigenvalue weighted by Crippen LogP contribution is 2.46. The second kappa shape index (κ2) is 19.3. The molecule has 0 aliphatic carbocycles. The van der Waals surface area contributed by atoms with Gasteiger partial charge < -0.3 is 62.8 Å². The van der Waals surface area contributed by atoms with Crippen LogP contribution in [0, 0.1) is 24.2 Å². The lowest BCUT2D eigenvalue weighted by Crippen LogP contribution is -2.59. The standard InChI is InChI=1S/C35H43ClN5O13P/c1-2-7-47-9-11-49-13-15-51-16-14-50-12-10-48-8-3-4-24-5-6-27-25(17-24)19-53-35(27)21-40(22-35)31-26-18-37-41(32(26)39-34(36)38-31)33-30(43)29(42)28(54-33)20-52-23-55(44,45)46/h1,5-6,17-18,28-30,33,42-43H,7-16,19-23H2,(H2,44,45,46)/t28-,29-,30-,33-/m1/s1. The van der Waals surface area contributed by atoms with Gasteiger partial charge in [0.05, 0.1) is 90.7 Å². The monoisotopic (exact) mass is 807 g/mol. The van der Waals surface area contributed by atoms with Crippen LogP contribution in [0.2, 0.25) is 5.28 Å². The van der Waals surface area contributed by atoms with Crippen molar-refractivity contribution in [3.63, 3.8) is 0 Å². The lowest BCUT2D eigenvalue weighted by atomic mass is 9.84. The van der Waals surface area contributed by atoms with Crippen molar-refractivity contribution in [3.05, 3.63) is 46.4 Å². The predicted octanol–water partition coefficient (Wildman–Crippen LogP) is 0.564. The van der Waals surface area contributed by atoms with Crippen LogP contribution in [0.15, 0.2) is 24.4 Å². The van der Waals surface area contributed by atoms with E-state index in [2.05, 4.69) is 32.8 Å². The Morgan fingerprint density at radius 1 is 0.945 bits per heavy atom. The first kappa shape index (κ1) is 41.4. The van der Waals surface area contributed by atoms with Gasteiger partial charge in [-0.15, -0.1) is 6.42 Å². The number of nitrogens with zero attached hydrogens (tertiary/aromatic N) is 5. The average Bonchev–Trinajstić information content (AvgIpc) is 3.81. The molecule has 55 heavy (non-hydrogen) atoms. The van der Waals surface area contributed by atoms with E-state index in [4.69, 9.17) is 65.7 Å². The first-order chi connectivity index (χ1) is 26.6. The maximum atomic E-state index is 11.1. The molecule has 4 atom stereocenters. The maximum Gasteiger partial charge on any atom is 0.350 e. The Kier molecular flexibility index (Phi) is 14.5. The van der Waals surface area contributed by atoms with Crippen LogP contribution < -0.4 is 4.90 Å². The summed E-state index contributed by atoms with van der Waals surface area (Å²) >= 11 is 6.36. The zero-order valence-electron chi connectivity index (χ0n) is 29.8. The van der Waals surface area contributed by atoms with E-state index in [1.54, 1.807) is 0 Å². The van der Waals surface area contributed by atoms with E-state index in [1.165, 1.54) is 10.9 Å². The van der Waals surface area contributed by atoms with Crippen LogP contribution in [-0.4, -0.2) is 150 Å². The number of aliphatic hydroxyl groups is 2. The molecule has 2 saturated heterocycles. The van der Waals surface area contributed by atoms with Crippen molar-refractivity contribution in [1.82, 2.24) is 19.7 Å². The fraction of sp³-hybridized carbons (Fsp3) is 0.571. The number of ether oxygens (including phenoxy) is 8. The molecule has 0 unspecified atom stereocenters. The van der Waals surface area contributed by atoms with Crippen molar-refractivity contribution in [1.29, 1.82) is 0 Å². The third-order valence-corrected chi connectivity index (χ3v) is 9.59. The highest BCUT2D eigenvalue weighted by Gasteiger charge is 2.51. The van der Waals surface area contributed by atoms with Gasteiger partial charge in [-0.05, 0) is 34.9 Å². The summed E-state index contributed by atoms with van der Waals surface area (Å²) in [7, 11) is -4.42. The molecular weight excluding hydrogens is 765 g/mol. The number of hydrogen-bond acceptors (Lipinski definition) is 15. The Bertz CT molecular complexity index is 1910. The minimum absolute atomic E-state index is 0.0602. The number of aliphatic hydroxyl groups excluding tert-OH is 2. The number of aromatic nitrogens is 4. The summed E-state index contributed by atoms with van der Waals surface area (Å²) < 4.78 is 56.5. The fourth-order valence-electron chi connectivity index (χ4n) is 6.35. The lowest BCUT2D eigenvalue weighted by molar-refractivity contribution is -0.0658. The largest absolute Gasteiger partial charge is 0.387 e. The molecule has 4 N–H and O–H groups in total. The Balaban J connectivity index is 0.944. The van der Waals surface area contributed by atoms with Gasteiger partial charge in [-0.25, -0.2) is 4.68 Å². The van der Waals surface area contributed by atoms with Gasteiger partial charge in [-0.2, -0.15) is 15.1 Å². The molecule has 20 heteroatoms. The van der Waals surface area contributed by atoms with Crippen LogP contribution in [0.5, 0.6) is 0 Å². The number of benzene rings is 1.